The Kier molecular flexibility index (Phi) is 5.28. The van der Waals surface area contributed by atoms with Gasteiger partial charge in [0.1, 0.15) is 5.75 Å². The lowest BCUT2D eigenvalue weighted by atomic mass is 9.96. The molecule has 0 saturated carbocycles. The summed E-state index contributed by atoms with van der Waals surface area (Å²) in [4.78, 5) is 24.6. The predicted molar refractivity (Wildman–Crippen MR) is 126 cm³/mol. The number of methoxy groups -OCH3 is 1. The van der Waals surface area contributed by atoms with Crippen molar-refractivity contribution < 1.29 is 9.53 Å². The molecular formula is C24H22ClN3O2S. The van der Waals surface area contributed by atoms with Gasteiger partial charge in [0.25, 0.3) is 5.91 Å². The highest BCUT2D eigenvalue weighted by Crippen LogP contribution is 2.35. The Bertz CT molecular complexity index is 1290. The molecule has 31 heavy (non-hydrogen) atoms. The number of piperidine rings is 1. The van der Waals surface area contributed by atoms with Crippen molar-refractivity contribution in [1.29, 1.82) is 0 Å². The average Bonchev–Trinajstić information content (AvgIpc) is 3.21. The van der Waals surface area contributed by atoms with Gasteiger partial charge in [-0.1, -0.05) is 11.6 Å². The molecule has 0 aliphatic carbocycles. The molecule has 2 aromatic heterocycles. The number of pyridine rings is 1. The maximum absolute atomic E-state index is 13.2. The molecule has 1 saturated heterocycles. The van der Waals surface area contributed by atoms with E-state index in [4.69, 9.17) is 21.3 Å². The van der Waals surface area contributed by atoms with Gasteiger partial charge in [-0.15, -0.1) is 11.3 Å². The second-order valence-electron chi connectivity index (χ2n) is 7.91. The third kappa shape index (κ3) is 3.86. The molecule has 5 nitrogen and oxygen atoms in total. The smallest absolute Gasteiger partial charge is 0.255 e. The second-order valence-corrected chi connectivity index (χ2v) is 9.41. The van der Waals surface area contributed by atoms with Crippen molar-refractivity contribution in [1.82, 2.24) is 14.9 Å². The number of likely N-dealkylation sites (tertiary alicyclic amines) is 1. The molecule has 158 valence electrons. The van der Waals surface area contributed by atoms with Crippen LogP contribution >= 0.6 is 22.9 Å². The monoisotopic (exact) mass is 451 g/mol. The molecule has 3 heterocycles. The molecule has 0 bridgehead atoms. The molecule has 5 rings (SSSR count). The zero-order valence-electron chi connectivity index (χ0n) is 17.4. The van der Waals surface area contributed by atoms with Gasteiger partial charge < -0.3 is 9.64 Å². The molecule has 2 aromatic carbocycles. The topological polar surface area (TPSA) is 55.3 Å². The first-order chi connectivity index (χ1) is 15.0. The second kappa shape index (κ2) is 8.09. The number of aromatic nitrogens is 2. The number of thiazole rings is 1. The van der Waals surface area contributed by atoms with Gasteiger partial charge in [0, 0.05) is 35.5 Å². The van der Waals surface area contributed by atoms with Crippen molar-refractivity contribution in [3.63, 3.8) is 0 Å². The van der Waals surface area contributed by atoms with E-state index in [1.165, 1.54) is 0 Å². The van der Waals surface area contributed by atoms with Gasteiger partial charge in [0.15, 0.2) is 0 Å². The maximum atomic E-state index is 13.2. The van der Waals surface area contributed by atoms with Gasteiger partial charge in [-0.25, -0.2) is 4.98 Å². The third-order valence-corrected chi connectivity index (χ3v) is 7.38. The standard InChI is InChI=1S/C24H22ClN3O2S/c1-14-19(11-16-3-5-18(30-2)13-20(16)26-14)24(29)28-9-7-15(8-10-28)23-27-21-12-17(25)4-6-22(21)31-23/h3-6,11-13,15H,7-10H2,1-2H3. The summed E-state index contributed by atoms with van der Waals surface area (Å²) in [6, 6.07) is 13.5. The Balaban J connectivity index is 1.33. The first-order valence-electron chi connectivity index (χ1n) is 10.3. The van der Waals surface area contributed by atoms with E-state index in [-0.39, 0.29) is 5.91 Å². The van der Waals surface area contributed by atoms with Crippen LogP contribution in [0.15, 0.2) is 42.5 Å². The first-order valence-corrected chi connectivity index (χ1v) is 11.5. The minimum Gasteiger partial charge on any atom is -0.497 e. The van der Waals surface area contributed by atoms with Gasteiger partial charge in [0.05, 0.1) is 39.1 Å². The lowest BCUT2D eigenvalue weighted by molar-refractivity contribution is 0.0712. The largest absolute Gasteiger partial charge is 0.497 e. The molecular weight excluding hydrogens is 430 g/mol. The van der Waals surface area contributed by atoms with Gasteiger partial charge in [-0.3, -0.25) is 9.78 Å². The van der Waals surface area contributed by atoms with Crippen molar-refractivity contribution >= 4 is 50.0 Å². The zero-order chi connectivity index (χ0) is 21.5. The van der Waals surface area contributed by atoms with Crippen LogP contribution < -0.4 is 4.74 Å². The summed E-state index contributed by atoms with van der Waals surface area (Å²) in [6.07, 6.45) is 1.83. The van der Waals surface area contributed by atoms with Crippen molar-refractivity contribution in [3.8, 4) is 5.75 Å². The highest BCUT2D eigenvalue weighted by molar-refractivity contribution is 7.18. The quantitative estimate of drug-likeness (QED) is 0.393. The molecule has 7 heteroatoms. The van der Waals surface area contributed by atoms with Gasteiger partial charge in [0.2, 0.25) is 0 Å². The lowest BCUT2D eigenvalue weighted by Gasteiger charge is -2.31. The molecule has 1 fully saturated rings. The highest BCUT2D eigenvalue weighted by atomic mass is 35.5. The Labute approximate surface area is 189 Å². The predicted octanol–water partition coefficient (Wildman–Crippen LogP) is 5.83. The summed E-state index contributed by atoms with van der Waals surface area (Å²) >= 11 is 7.83. The zero-order valence-corrected chi connectivity index (χ0v) is 19.0. The summed E-state index contributed by atoms with van der Waals surface area (Å²) in [5.41, 5.74) is 3.21. The third-order valence-electron chi connectivity index (χ3n) is 5.94. The van der Waals surface area contributed by atoms with E-state index in [0.717, 1.165) is 63.5 Å². The van der Waals surface area contributed by atoms with E-state index in [2.05, 4.69) is 4.98 Å². The molecule has 1 amide bonds. The number of hydrogen-bond acceptors (Lipinski definition) is 5. The number of hydrogen-bond donors (Lipinski definition) is 0. The number of halogens is 1. The fourth-order valence-corrected chi connectivity index (χ4v) is 5.46. The van der Waals surface area contributed by atoms with Crippen molar-refractivity contribution in [2.75, 3.05) is 20.2 Å². The number of carbonyl (C=O) groups is 1. The van der Waals surface area contributed by atoms with Crippen LogP contribution in [0.3, 0.4) is 0 Å². The molecule has 0 radical (unpaired) electrons. The van der Waals surface area contributed by atoms with E-state index >= 15 is 0 Å². The van der Waals surface area contributed by atoms with Gasteiger partial charge in [-0.2, -0.15) is 0 Å². The first kappa shape index (κ1) is 20.2. The number of nitrogens with zero attached hydrogens (tertiary/aromatic N) is 3. The normalized spacial score (nSPS) is 15.0. The lowest BCUT2D eigenvalue weighted by Crippen LogP contribution is -2.38. The van der Waals surface area contributed by atoms with E-state index < -0.39 is 0 Å². The number of fused-ring (bicyclic) bond motifs is 2. The van der Waals surface area contributed by atoms with Gasteiger partial charge >= 0.3 is 0 Å². The van der Waals surface area contributed by atoms with Crippen LogP contribution in [0.25, 0.3) is 21.1 Å². The number of carbonyl (C=O) groups excluding carboxylic acids is 1. The Hall–Kier alpha value is -2.70. The summed E-state index contributed by atoms with van der Waals surface area (Å²) in [5.74, 6) is 1.19. The van der Waals surface area contributed by atoms with Gasteiger partial charge in [-0.05, 0) is 56.2 Å². The molecule has 1 aliphatic rings. The van der Waals surface area contributed by atoms with Crippen LogP contribution in [0.2, 0.25) is 5.02 Å². The number of aryl methyl sites for hydroxylation is 1. The molecule has 4 aromatic rings. The average molecular weight is 452 g/mol. The minimum atomic E-state index is 0.0530. The summed E-state index contributed by atoms with van der Waals surface area (Å²) in [6.45, 7) is 3.34. The number of benzene rings is 2. The van der Waals surface area contributed by atoms with E-state index in [9.17, 15) is 4.79 Å². The Morgan fingerprint density at radius 2 is 1.90 bits per heavy atom. The fourth-order valence-electron chi connectivity index (χ4n) is 4.18. The van der Waals surface area contributed by atoms with E-state index in [0.29, 0.717) is 16.5 Å². The maximum Gasteiger partial charge on any atom is 0.255 e. The number of rotatable bonds is 3. The summed E-state index contributed by atoms with van der Waals surface area (Å²) < 4.78 is 6.44. The number of amides is 1. The number of ether oxygens (including phenoxy) is 1. The van der Waals surface area contributed by atoms with Crippen molar-refractivity contribution in [2.24, 2.45) is 0 Å². The van der Waals surface area contributed by atoms with Crippen molar-refractivity contribution in [3.05, 3.63) is 63.8 Å². The molecule has 1 aliphatic heterocycles. The van der Waals surface area contributed by atoms with Crippen LogP contribution in [0.1, 0.15) is 39.8 Å². The molecule has 0 unspecified atom stereocenters. The van der Waals surface area contributed by atoms with Crippen LogP contribution in [0, 0.1) is 6.92 Å². The molecule has 0 spiro atoms. The molecule has 0 atom stereocenters. The fraction of sp³-hybridized carbons (Fsp3) is 0.292. The Morgan fingerprint density at radius 3 is 2.68 bits per heavy atom. The van der Waals surface area contributed by atoms with E-state index in [1.54, 1.807) is 18.4 Å². The van der Waals surface area contributed by atoms with Crippen LogP contribution in [-0.4, -0.2) is 41.0 Å². The Morgan fingerprint density at radius 1 is 1.10 bits per heavy atom. The van der Waals surface area contributed by atoms with Crippen LogP contribution in [0.5, 0.6) is 5.75 Å². The van der Waals surface area contributed by atoms with Crippen molar-refractivity contribution in [2.45, 2.75) is 25.7 Å². The van der Waals surface area contributed by atoms with Crippen LogP contribution in [-0.2, 0) is 0 Å². The van der Waals surface area contributed by atoms with E-state index in [1.807, 2.05) is 54.3 Å². The summed E-state index contributed by atoms with van der Waals surface area (Å²) in [7, 11) is 1.64. The minimum absolute atomic E-state index is 0.0530. The highest BCUT2D eigenvalue weighted by Gasteiger charge is 2.27. The van der Waals surface area contributed by atoms with Crippen LogP contribution in [0.4, 0.5) is 0 Å². The molecule has 0 N–H and O–H groups in total. The SMILES string of the molecule is COc1ccc2cc(C(=O)N3CCC(c4nc5cc(Cl)ccc5s4)CC3)c(C)nc2c1. The summed E-state index contributed by atoms with van der Waals surface area (Å²) in [5, 5.41) is 2.79.